The first-order valence-corrected chi connectivity index (χ1v) is 12.4. The molecule has 32 heavy (non-hydrogen) atoms. The maximum atomic E-state index is 13.6. The Hall–Kier alpha value is -1.77. The SMILES string of the molecule is C[C@]12C[C@H](O)[C@H]3[C@@H](CCC4=CC(=O)C=C[C@@]43C)[C@@H]1C[C@@H](C#N)[C@@H]2C(=O)CC1CCCCO1. The fourth-order valence-electron chi connectivity index (χ4n) is 8.42. The van der Waals surface area contributed by atoms with Gasteiger partial charge in [-0.05, 0) is 74.3 Å². The molecule has 1 heterocycles. The number of aliphatic hydroxyl groups excluding tert-OH is 1. The molecule has 0 aromatic rings. The first kappa shape index (κ1) is 22.0. The largest absolute Gasteiger partial charge is 0.393 e. The molecule has 3 saturated carbocycles. The summed E-state index contributed by atoms with van der Waals surface area (Å²) in [5, 5.41) is 21.5. The van der Waals surface area contributed by atoms with Crippen molar-refractivity contribution in [2.24, 2.45) is 40.4 Å². The summed E-state index contributed by atoms with van der Waals surface area (Å²) in [7, 11) is 0. The van der Waals surface area contributed by atoms with Gasteiger partial charge in [0.2, 0.25) is 0 Å². The third-order valence-electron chi connectivity index (χ3n) is 9.77. The molecule has 1 unspecified atom stereocenters. The van der Waals surface area contributed by atoms with E-state index in [0.29, 0.717) is 12.8 Å². The number of ether oxygens (including phenoxy) is 1. The van der Waals surface area contributed by atoms with Crippen LogP contribution in [-0.4, -0.2) is 35.5 Å². The molecule has 0 amide bonds. The van der Waals surface area contributed by atoms with Crippen molar-refractivity contribution in [1.82, 2.24) is 0 Å². The number of nitrogens with zero attached hydrogens (tertiary/aromatic N) is 1. The smallest absolute Gasteiger partial charge is 0.178 e. The molecule has 0 bridgehead atoms. The Morgan fingerprint density at radius 1 is 1.31 bits per heavy atom. The second-order valence-electron chi connectivity index (χ2n) is 11.4. The normalized spacial score (nSPS) is 47.6. The lowest BCUT2D eigenvalue weighted by Gasteiger charge is -2.58. The van der Waals surface area contributed by atoms with Gasteiger partial charge in [0.05, 0.1) is 24.2 Å². The third kappa shape index (κ3) is 3.25. The molecule has 5 nitrogen and oxygen atoms in total. The minimum atomic E-state index is -0.550. The number of hydrogen-bond acceptors (Lipinski definition) is 5. The molecule has 5 heteroatoms. The van der Waals surface area contributed by atoms with Crippen LogP contribution in [-0.2, 0) is 14.3 Å². The number of fused-ring (bicyclic) bond motifs is 5. The number of allylic oxidation sites excluding steroid dienone is 4. The van der Waals surface area contributed by atoms with E-state index >= 15 is 0 Å². The minimum Gasteiger partial charge on any atom is -0.393 e. The zero-order valence-corrected chi connectivity index (χ0v) is 19.3. The van der Waals surface area contributed by atoms with E-state index in [4.69, 9.17) is 4.74 Å². The predicted molar refractivity (Wildman–Crippen MR) is 119 cm³/mol. The van der Waals surface area contributed by atoms with Crippen molar-refractivity contribution < 1.29 is 19.4 Å². The molecule has 9 atom stereocenters. The number of nitriles is 1. The summed E-state index contributed by atoms with van der Waals surface area (Å²) in [6, 6.07) is 2.48. The van der Waals surface area contributed by atoms with Crippen LogP contribution in [0.4, 0.5) is 0 Å². The van der Waals surface area contributed by atoms with Crippen molar-refractivity contribution in [3.63, 3.8) is 0 Å². The van der Waals surface area contributed by atoms with E-state index < -0.39 is 6.10 Å². The lowest BCUT2D eigenvalue weighted by Crippen LogP contribution is -2.56. The van der Waals surface area contributed by atoms with Gasteiger partial charge >= 0.3 is 0 Å². The lowest BCUT2D eigenvalue weighted by molar-refractivity contribution is -0.142. The van der Waals surface area contributed by atoms with Crippen LogP contribution in [0.1, 0.15) is 65.2 Å². The highest BCUT2D eigenvalue weighted by molar-refractivity contribution is 6.01. The highest BCUT2D eigenvalue weighted by Crippen LogP contribution is 2.67. The van der Waals surface area contributed by atoms with Gasteiger partial charge < -0.3 is 9.84 Å². The maximum Gasteiger partial charge on any atom is 0.178 e. The zero-order valence-electron chi connectivity index (χ0n) is 19.3. The predicted octanol–water partition coefficient (Wildman–Crippen LogP) is 4.16. The molecule has 0 aromatic carbocycles. The van der Waals surface area contributed by atoms with Gasteiger partial charge in [-0.25, -0.2) is 0 Å². The van der Waals surface area contributed by atoms with Gasteiger partial charge in [-0.1, -0.05) is 25.5 Å². The van der Waals surface area contributed by atoms with Gasteiger partial charge in [0.15, 0.2) is 5.78 Å². The number of carbonyl (C=O) groups excluding carboxylic acids is 2. The zero-order chi connectivity index (χ0) is 22.7. The summed E-state index contributed by atoms with van der Waals surface area (Å²) in [5.41, 5.74) is 0.446. The highest BCUT2D eigenvalue weighted by Gasteiger charge is 2.65. The number of hydrogen-bond donors (Lipinski definition) is 1. The van der Waals surface area contributed by atoms with E-state index in [1.54, 1.807) is 12.2 Å². The molecule has 4 aliphatic carbocycles. The van der Waals surface area contributed by atoms with Gasteiger partial charge in [0.25, 0.3) is 0 Å². The average Bonchev–Trinajstić information content (AvgIpc) is 3.06. The summed E-state index contributed by atoms with van der Waals surface area (Å²) in [6.45, 7) is 5.04. The second-order valence-corrected chi connectivity index (χ2v) is 11.4. The molecule has 1 aliphatic heterocycles. The minimum absolute atomic E-state index is 0.0225. The Balaban J connectivity index is 1.45. The van der Waals surface area contributed by atoms with Crippen LogP contribution in [0.5, 0.6) is 0 Å². The second kappa shape index (κ2) is 7.92. The molecule has 0 spiro atoms. The summed E-state index contributed by atoms with van der Waals surface area (Å²) >= 11 is 0. The van der Waals surface area contributed by atoms with Gasteiger partial charge in [0.1, 0.15) is 5.78 Å². The van der Waals surface area contributed by atoms with Crippen LogP contribution in [0.25, 0.3) is 0 Å². The van der Waals surface area contributed by atoms with E-state index in [-0.39, 0.29) is 58.1 Å². The molecular weight excluding hydrogens is 402 g/mol. The van der Waals surface area contributed by atoms with Crippen LogP contribution in [0.15, 0.2) is 23.8 Å². The molecule has 5 rings (SSSR count). The number of aliphatic hydroxyl groups is 1. The lowest BCUT2D eigenvalue weighted by atomic mass is 9.46. The van der Waals surface area contributed by atoms with Crippen molar-refractivity contribution >= 4 is 11.6 Å². The number of ketones is 2. The van der Waals surface area contributed by atoms with Gasteiger partial charge in [-0.15, -0.1) is 0 Å². The highest BCUT2D eigenvalue weighted by atomic mass is 16.5. The Morgan fingerprint density at radius 2 is 2.12 bits per heavy atom. The number of Topliss-reactive ketones (excluding diaryl/α,β-unsaturated/α-hetero) is 1. The molecular formula is C27H35NO4. The maximum absolute atomic E-state index is 13.6. The molecule has 0 aromatic heterocycles. The van der Waals surface area contributed by atoms with Crippen molar-refractivity contribution in [1.29, 1.82) is 5.26 Å². The quantitative estimate of drug-likeness (QED) is 0.716. The monoisotopic (exact) mass is 437 g/mol. The van der Waals surface area contributed by atoms with E-state index in [0.717, 1.165) is 50.7 Å². The van der Waals surface area contributed by atoms with Crippen LogP contribution in [0, 0.1) is 51.8 Å². The Labute approximate surface area is 190 Å². The van der Waals surface area contributed by atoms with Crippen molar-refractivity contribution in [3.05, 3.63) is 23.8 Å². The molecule has 4 fully saturated rings. The Kier molecular flexibility index (Phi) is 5.46. The average molecular weight is 438 g/mol. The topological polar surface area (TPSA) is 87.4 Å². The first-order valence-electron chi connectivity index (χ1n) is 12.4. The summed E-state index contributed by atoms with van der Waals surface area (Å²) in [6.07, 6.45) is 11.3. The van der Waals surface area contributed by atoms with E-state index in [1.165, 1.54) is 0 Å². The Morgan fingerprint density at radius 3 is 2.84 bits per heavy atom. The van der Waals surface area contributed by atoms with Crippen molar-refractivity contribution in [3.8, 4) is 6.07 Å². The van der Waals surface area contributed by atoms with Crippen LogP contribution in [0.3, 0.4) is 0 Å². The molecule has 172 valence electrons. The molecule has 1 saturated heterocycles. The molecule has 1 N–H and O–H groups in total. The van der Waals surface area contributed by atoms with E-state index in [9.17, 15) is 20.0 Å². The van der Waals surface area contributed by atoms with Gasteiger partial charge in [-0.3, -0.25) is 9.59 Å². The van der Waals surface area contributed by atoms with E-state index in [2.05, 4.69) is 19.9 Å². The van der Waals surface area contributed by atoms with Crippen molar-refractivity contribution in [2.45, 2.75) is 77.4 Å². The standard InChI is InChI=1S/C27H35NO4/c1-26-9-8-18(29)12-17(26)6-7-20-21-11-16(15-28)24(27(21,2)14-23(31)25(20)26)22(30)13-19-5-3-4-10-32-19/h8-9,12,16,19-21,23-25,31H,3-7,10-11,13-14H2,1-2H3/t16-,19?,20-,21-,23-,24+,25+,26-,27-/m0/s1. The molecule has 0 radical (unpaired) electrons. The van der Waals surface area contributed by atoms with Crippen LogP contribution in [0.2, 0.25) is 0 Å². The molecule has 5 aliphatic rings. The summed E-state index contributed by atoms with van der Waals surface area (Å²) in [5.74, 6) is 0.0957. The Bertz CT molecular complexity index is 909. The van der Waals surface area contributed by atoms with Gasteiger partial charge in [0, 0.05) is 30.3 Å². The van der Waals surface area contributed by atoms with E-state index in [1.807, 2.05) is 6.08 Å². The summed E-state index contributed by atoms with van der Waals surface area (Å²) < 4.78 is 5.84. The number of carbonyl (C=O) groups is 2. The fraction of sp³-hybridized carbons (Fsp3) is 0.741. The number of rotatable bonds is 3. The summed E-state index contributed by atoms with van der Waals surface area (Å²) in [4.78, 5) is 25.6. The van der Waals surface area contributed by atoms with Gasteiger partial charge in [-0.2, -0.15) is 5.26 Å². The van der Waals surface area contributed by atoms with Crippen LogP contribution >= 0.6 is 0 Å². The fourth-order valence-corrected chi connectivity index (χ4v) is 8.42. The first-order chi connectivity index (χ1) is 15.3. The van der Waals surface area contributed by atoms with Crippen molar-refractivity contribution in [2.75, 3.05) is 6.61 Å². The third-order valence-corrected chi connectivity index (χ3v) is 9.77. The van der Waals surface area contributed by atoms with Crippen LogP contribution < -0.4 is 0 Å².